The van der Waals surface area contributed by atoms with Gasteiger partial charge in [-0.15, -0.1) is 0 Å². The number of hydrogen-bond acceptors (Lipinski definition) is 4. The third kappa shape index (κ3) is 2.47. The number of nitrogens with zero attached hydrogens (tertiary/aromatic N) is 3. The molecule has 1 atom stereocenters. The van der Waals surface area contributed by atoms with Gasteiger partial charge in [0.1, 0.15) is 5.82 Å². The van der Waals surface area contributed by atoms with Gasteiger partial charge in [-0.2, -0.15) is 0 Å². The molecule has 0 aromatic carbocycles. The second-order valence-electron chi connectivity index (χ2n) is 5.95. The van der Waals surface area contributed by atoms with E-state index in [-0.39, 0.29) is 0 Å². The first-order valence-corrected chi connectivity index (χ1v) is 7.12. The van der Waals surface area contributed by atoms with Crippen LogP contribution < -0.4 is 4.90 Å². The molecule has 4 heteroatoms. The maximum Gasteiger partial charge on any atom is 0.132 e. The lowest BCUT2D eigenvalue weighted by Crippen LogP contribution is -2.58. The van der Waals surface area contributed by atoms with E-state index >= 15 is 0 Å². The molecule has 0 radical (unpaired) electrons. The van der Waals surface area contributed by atoms with Crippen molar-refractivity contribution in [2.75, 3.05) is 45.3 Å². The molecule has 2 aliphatic rings. The van der Waals surface area contributed by atoms with Crippen LogP contribution in [0.2, 0.25) is 0 Å². The van der Waals surface area contributed by atoms with Crippen molar-refractivity contribution in [3.8, 4) is 0 Å². The van der Waals surface area contributed by atoms with Crippen LogP contribution in [0.3, 0.4) is 0 Å². The number of likely N-dealkylation sites (N-methyl/N-ethyl adjacent to an activating group) is 1. The normalized spacial score (nSPS) is 24.0. The van der Waals surface area contributed by atoms with Crippen molar-refractivity contribution in [1.82, 2.24) is 9.88 Å². The minimum atomic E-state index is 0.529. The summed E-state index contributed by atoms with van der Waals surface area (Å²) in [6.45, 7) is 5.98. The van der Waals surface area contributed by atoms with Crippen molar-refractivity contribution in [3.05, 3.63) is 23.4 Å². The highest BCUT2D eigenvalue weighted by Gasteiger charge is 2.32. The summed E-state index contributed by atoms with van der Waals surface area (Å²) in [6, 6.07) is 5.04. The molecule has 2 aliphatic heterocycles. The molecule has 0 bridgehead atoms. The first-order chi connectivity index (χ1) is 9.15. The number of pyridine rings is 1. The topological polar surface area (TPSA) is 28.6 Å². The molecule has 19 heavy (non-hydrogen) atoms. The first-order valence-electron chi connectivity index (χ1n) is 7.12. The summed E-state index contributed by atoms with van der Waals surface area (Å²) in [5.74, 6) is 1.72. The van der Waals surface area contributed by atoms with Gasteiger partial charge in [0.25, 0.3) is 0 Å². The monoisotopic (exact) mass is 261 g/mol. The Morgan fingerprint density at radius 2 is 2.11 bits per heavy atom. The fourth-order valence-corrected chi connectivity index (χ4v) is 2.86. The molecule has 1 aromatic heterocycles. The third-order valence-corrected chi connectivity index (χ3v) is 4.31. The van der Waals surface area contributed by atoms with E-state index in [1.165, 1.54) is 11.4 Å². The summed E-state index contributed by atoms with van der Waals surface area (Å²) in [5, 5.41) is 0. The van der Waals surface area contributed by atoms with E-state index in [1.807, 2.05) is 0 Å². The molecule has 2 saturated heterocycles. The zero-order valence-electron chi connectivity index (χ0n) is 12.1. The summed E-state index contributed by atoms with van der Waals surface area (Å²) in [6.07, 6.45) is 1.13. The van der Waals surface area contributed by atoms with Crippen LogP contribution in [0.1, 0.15) is 23.6 Å². The highest BCUT2D eigenvalue weighted by Crippen LogP contribution is 2.34. The molecule has 4 nitrogen and oxygen atoms in total. The van der Waals surface area contributed by atoms with E-state index in [0.717, 1.165) is 38.4 Å². The van der Waals surface area contributed by atoms with Crippen LogP contribution in [0.5, 0.6) is 0 Å². The Hall–Kier alpha value is -1.13. The largest absolute Gasteiger partial charge is 0.381 e. The van der Waals surface area contributed by atoms with Crippen LogP contribution in [0, 0.1) is 6.92 Å². The van der Waals surface area contributed by atoms with Crippen molar-refractivity contribution >= 4 is 5.82 Å². The van der Waals surface area contributed by atoms with Crippen LogP contribution in [0.15, 0.2) is 12.1 Å². The van der Waals surface area contributed by atoms with Gasteiger partial charge in [-0.1, -0.05) is 6.07 Å². The van der Waals surface area contributed by atoms with Crippen LogP contribution in [-0.2, 0) is 4.74 Å². The molecule has 3 rings (SSSR count). The fraction of sp³-hybridized carbons (Fsp3) is 0.667. The number of aromatic nitrogens is 1. The summed E-state index contributed by atoms with van der Waals surface area (Å²) in [5.41, 5.74) is 2.48. The molecule has 0 spiro atoms. The van der Waals surface area contributed by atoms with E-state index < -0.39 is 0 Å². The third-order valence-electron chi connectivity index (χ3n) is 4.31. The van der Waals surface area contributed by atoms with Crippen LogP contribution in [-0.4, -0.2) is 56.3 Å². The van der Waals surface area contributed by atoms with Crippen LogP contribution in [0.4, 0.5) is 5.82 Å². The Labute approximate surface area is 115 Å². The maximum atomic E-state index is 5.53. The van der Waals surface area contributed by atoms with Gasteiger partial charge in [0, 0.05) is 42.9 Å². The average molecular weight is 261 g/mol. The molecule has 0 amide bonds. The summed E-state index contributed by atoms with van der Waals surface area (Å²) < 4.78 is 5.53. The van der Waals surface area contributed by atoms with E-state index in [4.69, 9.17) is 9.72 Å². The average Bonchev–Trinajstić information content (AvgIpc) is 2.80. The van der Waals surface area contributed by atoms with E-state index in [0.29, 0.717) is 12.0 Å². The maximum absolute atomic E-state index is 5.53. The van der Waals surface area contributed by atoms with E-state index in [2.05, 4.69) is 43.0 Å². The SMILES string of the molecule is Cc1ccc([C@H]2CCOC2)c(N2CC(N(C)C)C2)n1. The Bertz CT molecular complexity index is 449. The lowest BCUT2D eigenvalue weighted by molar-refractivity contribution is 0.193. The highest BCUT2D eigenvalue weighted by molar-refractivity contribution is 5.52. The fourth-order valence-electron chi connectivity index (χ4n) is 2.86. The number of anilines is 1. The minimum absolute atomic E-state index is 0.529. The minimum Gasteiger partial charge on any atom is -0.381 e. The van der Waals surface area contributed by atoms with Crippen molar-refractivity contribution in [3.63, 3.8) is 0 Å². The molecule has 0 saturated carbocycles. The van der Waals surface area contributed by atoms with Crippen molar-refractivity contribution in [2.24, 2.45) is 0 Å². The lowest BCUT2D eigenvalue weighted by Gasteiger charge is -2.44. The summed E-state index contributed by atoms with van der Waals surface area (Å²) in [4.78, 5) is 9.49. The molecule has 104 valence electrons. The number of rotatable bonds is 3. The van der Waals surface area contributed by atoms with Gasteiger partial charge in [0.05, 0.1) is 6.61 Å². The Morgan fingerprint density at radius 1 is 1.32 bits per heavy atom. The molecule has 3 heterocycles. The molecular formula is C15H23N3O. The summed E-state index contributed by atoms with van der Waals surface area (Å²) >= 11 is 0. The molecule has 0 N–H and O–H groups in total. The summed E-state index contributed by atoms with van der Waals surface area (Å²) in [7, 11) is 4.30. The van der Waals surface area contributed by atoms with Gasteiger partial charge in [-0.25, -0.2) is 4.98 Å². The predicted octanol–water partition coefficient (Wildman–Crippen LogP) is 1.64. The number of aryl methyl sites for hydroxylation is 1. The zero-order valence-corrected chi connectivity index (χ0v) is 12.1. The second-order valence-corrected chi connectivity index (χ2v) is 5.95. The van der Waals surface area contributed by atoms with Crippen LogP contribution in [0.25, 0.3) is 0 Å². The predicted molar refractivity (Wildman–Crippen MR) is 76.8 cm³/mol. The van der Waals surface area contributed by atoms with Gasteiger partial charge in [0.15, 0.2) is 0 Å². The Balaban J connectivity index is 1.81. The number of ether oxygens (including phenoxy) is 1. The Morgan fingerprint density at radius 3 is 2.74 bits per heavy atom. The molecule has 1 aromatic rings. The van der Waals surface area contributed by atoms with Gasteiger partial charge in [-0.05, 0) is 33.5 Å². The van der Waals surface area contributed by atoms with Crippen molar-refractivity contribution < 1.29 is 4.74 Å². The molecule has 0 unspecified atom stereocenters. The molecular weight excluding hydrogens is 238 g/mol. The van der Waals surface area contributed by atoms with Crippen molar-refractivity contribution in [2.45, 2.75) is 25.3 Å². The standard InChI is InChI=1S/C15H23N3O/c1-11-4-5-14(12-6-7-19-10-12)15(16-11)18-8-13(9-18)17(2)3/h4-5,12-13H,6-10H2,1-3H3/t12-/m0/s1. The van der Waals surface area contributed by atoms with E-state index in [1.54, 1.807) is 0 Å². The molecule has 2 fully saturated rings. The first kappa shape index (κ1) is 12.9. The molecule has 0 aliphatic carbocycles. The van der Waals surface area contributed by atoms with Gasteiger partial charge >= 0.3 is 0 Å². The zero-order chi connectivity index (χ0) is 13.4. The van der Waals surface area contributed by atoms with Gasteiger partial charge < -0.3 is 14.5 Å². The smallest absolute Gasteiger partial charge is 0.132 e. The van der Waals surface area contributed by atoms with Crippen molar-refractivity contribution in [1.29, 1.82) is 0 Å². The highest BCUT2D eigenvalue weighted by atomic mass is 16.5. The van der Waals surface area contributed by atoms with Crippen LogP contribution >= 0.6 is 0 Å². The van der Waals surface area contributed by atoms with E-state index in [9.17, 15) is 0 Å². The van der Waals surface area contributed by atoms with Gasteiger partial charge in [-0.3, -0.25) is 0 Å². The second kappa shape index (κ2) is 5.10. The Kier molecular flexibility index (Phi) is 3.46. The number of hydrogen-bond donors (Lipinski definition) is 0. The van der Waals surface area contributed by atoms with Gasteiger partial charge in [0.2, 0.25) is 0 Å². The quantitative estimate of drug-likeness (QED) is 0.827. The lowest BCUT2D eigenvalue weighted by atomic mass is 9.96.